The van der Waals surface area contributed by atoms with Crippen molar-refractivity contribution >= 4 is 0 Å². The highest BCUT2D eigenvalue weighted by atomic mass is 16.5. The molecule has 1 heterocycles. The van der Waals surface area contributed by atoms with Crippen LogP contribution in [-0.4, -0.2) is 10.2 Å². The number of rotatable bonds is 4. The van der Waals surface area contributed by atoms with E-state index in [1.165, 1.54) is 0 Å². The average Bonchev–Trinajstić information content (AvgIpc) is 3.06. The van der Waals surface area contributed by atoms with E-state index in [-0.39, 0.29) is 0 Å². The summed E-state index contributed by atoms with van der Waals surface area (Å²) in [5.74, 6) is 1.31. The van der Waals surface area contributed by atoms with E-state index in [1.807, 2.05) is 36.4 Å². The van der Waals surface area contributed by atoms with E-state index in [4.69, 9.17) is 14.4 Å². The summed E-state index contributed by atoms with van der Waals surface area (Å²) in [6.45, 7) is 1.80. The second kappa shape index (κ2) is 6.10. The molecule has 3 rings (SSSR count). The van der Waals surface area contributed by atoms with Crippen molar-refractivity contribution in [2.45, 2.75) is 13.0 Å². The van der Waals surface area contributed by atoms with E-state index in [1.54, 1.807) is 25.1 Å². The standard InChI is InChI=1S/C17H13N3O2/c1-12(21-15-10-6-5-9-14(15)11-18)16-19-20-17(22-16)13-7-3-2-4-8-13/h2-10,12H,1H3/t12-/m0/s1. The lowest BCUT2D eigenvalue weighted by molar-refractivity contribution is 0.189. The highest BCUT2D eigenvalue weighted by Gasteiger charge is 2.17. The van der Waals surface area contributed by atoms with Gasteiger partial charge in [-0.3, -0.25) is 0 Å². The average molecular weight is 291 g/mol. The van der Waals surface area contributed by atoms with Gasteiger partial charge in [0.15, 0.2) is 6.10 Å². The van der Waals surface area contributed by atoms with Crippen molar-refractivity contribution in [2.24, 2.45) is 0 Å². The number of aromatic nitrogens is 2. The number of hydrogen-bond acceptors (Lipinski definition) is 5. The summed E-state index contributed by atoms with van der Waals surface area (Å²) in [5, 5.41) is 17.1. The first-order valence-corrected chi connectivity index (χ1v) is 6.82. The van der Waals surface area contributed by atoms with Crippen LogP contribution in [0.2, 0.25) is 0 Å². The Morgan fingerprint density at radius 3 is 2.55 bits per heavy atom. The summed E-state index contributed by atoms with van der Waals surface area (Å²) in [6, 6.07) is 18.7. The van der Waals surface area contributed by atoms with Crippen molar-refractivity contribution < 1.29 is 9.15 Å². The molecule has 0 amide bonds. The van der Waals surface area contributed by atoms with Crippen molar-refractivity contribution in [1.82, 2.24) is 10.2 Å². The third kappa shape index (κ3) is 2.81. The van der Waals surface area contributed by atoms with Crippen LogP contribution in [0.15, 0.2) is 59.0 Å². The van der Waals surface area contributed by atoms with Crippen LogP contribution in [-0.2, 0) is 0 Å². The number of nitriles is 1. The zero-order valence-corrected chi connectivity index (χ0v) is 11.9. The molecule has 0 saturated carbocycles. The Kier molecular flexibility index (Phi) is 3.84. The van der Waals surface area contributed by atoms with Crippen LogP contribution in [0.1, 0.15) is 24.5 Å². The molecule has 0 fully saturated rings. The molecular weight excluding hydrogens is 278 g/mol. The van der Waals surface area contributed by atoms with Gasteiger partial charge in [0.2, 0.25) is 5.89 Å². The fourth-order valence-electron chi connectivity index (χ4n) is 2.00. The maximum absolute atomic E-state index is 9.07. The Morgan fingerprint density at radius 1 is 1.05 bits per heavy atom. The van der Waals surface area contributed by atoms with Gasteiger partial charge in [-0.05, 0) is 31.2 Å². The Bertz CT molecular complexity index is 806. The van der Waals surface area contributed by atoms with Crippen LogP contribution >= 0.6 is 0 Å². The molecule has 5 heteroatoms. The molecule has 22 heavy (non-hydrogen) atoms. The van der Waals surface area contributed by atoms with Crippen LogP contribution < -0.4 is 4.74 Å². The van der Waals surface area contributed by atoms with Gasteiger partial charge >= 0.3 is 0 Å². The molecule has 0 aliphatic rings. The van der Waals surface area contributed by atoms with Gasteiger partial charge in [0.1, 0.15) is 11.8 Å². The third-order valence-electron chi connectivity index (χ3n) is 3.12. The predicted octanol–water partition coefficient (Wildman–Crippen LogP) is 3.75. The second-order valence-electron chi connectivity index (χ2n) is 4.68. The van der Waals surface area contributed by atoms with Crippen molar-refractivity contribution in [3.05, 3.63) is 66.1 Å². The third-order valence-corrected chi connectivity index (χ3v) is 3.12. The SMILES string of the molecule is C[C@H](Oc1ccccc1C#N)c1nnc(-c2ccccc2)o1. The van der Waals surface area contributed by atoms with E-state index in [9.17, 15) is 0 Å². The molecule has 0 N–H and O–H groups in total. The van der Waals surface area contributed by atoms with Crippen LogP contribution in [0.5, 0.6) is 5.75 Å². The summed E-state index contributed by atoms with van der Waals surface area (Å²) in [4.78, 5) is 0. The summed E-state index contributed by atoms with van der Waals surface area (Å²) >= 11 is 0. The molecule has 1 aromatic heterocycles. The molecule has 3 aromatic rings. The number of nitrogens with zero attached hydrogens (tertiary/aromatic N) is 3. The lowest BCUT2D eigenvalue weighted by Crippen LogP contribution is -2.04. The molecular formula is C17H13N3O2. The van der Waals surface area contributed by atoms with Crippen molar-refractivity contribution in [2.75, 3.05) is 0 Å². The van der Waals surface area contributed by atoms with Gasteiger partial charge in [0.25, 0.3) is 5.89 Å². The number of benzene rings is 2. The monoisotopic (exact) mass is 291 g/mol. The van der Waals surface area contributed by atoms with Crippen LogP contribution in [0, 0.1) is 11.3 Å². The van der Waals surface area contributed by atoms with E-state index in [0.717, 1.165) is 5.56 Å². The Labute approximate surface area is 127 Å². The van der Waals surface area contributed by atoms with Crippen LogP contribution in [0.3, 0.4) is 0 Å². The topological polar surface area (TPSA) is 71.9 Å². The largest absolute Gasteiger partial charge is 0.480 e. The summed E-state index contributed by atoms with van der Waals surface area (Å²) in [5.41, 5.74) is 1.32. The minimum Gasteiger partial charge on any atom is -0.480 e. The van der Waals surface area contributed by atoms with Crippen molar-refractivity contribution in [3.8, 4) is 23.3 Å². The molecule has 0 spiro atoms. The molecule has 0 unspecified atom stereocenters. The van der Waals surface area contributed by atoms with E-state index < -0.39 is 6.10 Å². The molecule has 0 bridgehead atoms. The zero-order valence-electron chi connectivity index (χ0n) is 11.9. The Balaban J connectivity index is 1.80. The summed E-state index contributed by atoms with van der Waals surface area (Å²) < 4.78 is 11.4. The van der Waals surface area contributed by atoms with Gasteiger partial charge in [-0.25, -0.2) is 0 Å². The fraction of sp³-hybridized carbons (Fsp3) is 0.118. The first-order valence-electron chi connectivity index (χ1n) is 6.82. The quantitative estimate of drug-likeness (QED) is 0.732. The van der Waals surface area contributed by atoms with E-state index >= 15 is 0 Å². The van der Waals surface area contributed by atoms with Gasteiger partial charge in [-0.15, -0.1) is 10.2 Å². The maximum atomic E-state index is 9.07. The lowest BCUT2D eigenvalue weighted by Gasteiger charge is -2.11. The normalized spacial score (nSPS) is 11.6. The molecule has 0 aliphatic heterocycles. The number of ether oxygens (including phenoxy) is 1. The van der Waals surface area contributed by atoms with Gasteiger partial charge < -0.3 is 9.15 Å². The van der Waals surface area contributed by atoms with Crippen molar-refractivity contribution in [3.63, 3.8) is 0 Å². The zero-order chi connectivity index (χ0) is 15.4. The minimum atomic E-state index is -0.445. The van der Waals surface area contributed by atoms with E-state index in [0.29, 0.717) is 23.1 Å². The first kappa shape index (κ1) is 13.8. The van der Waals surface area contributed by atoms with Crippen LogP contribution in [0.4, 0.5) is 0 Å². The molecule has 5 nitrogen and oxygen atoms in total. The molecule has 0 saturated heterocycles. The fourth-order valence-corrected chi connectivity index (χ4v) is 2.00. The summed E-state index contributed by atoms with van der Waals surface area (Å²) in [7, 11) is 0. The van der Waals surface area contributed by atoms with Crippen molar-refractivity contribution in [1.29, 1.82) is 5.26 Å². The van der Waals surface area contributed by atoms with Gasteiger partial charge in [0, 0.05) is 5.56 Å². The Hall–Kier alpha value is -3.13. The summed E-state index contributed by atoms with van der Waals surface area (Å²) in [6.07, 6.45) is -0.445. The lowest BCUT2D eigenvalue weighted by atomic mass is 10.2. The first-order chi connectivity index (χ1) is 10.8. The van der Waals surface area contributed by atoms with Gasteiger partial charge in [0.05, 0.1) is 5.56 Å². The molecule has 0 aliphatic carbocycles. The highest BCUT2D eigenvalue weighted by Crippen LogP contribution is 2.26. The number of para-hydroxylation sites is 1. The number of hydrogen-bond donors (Lipinski definition) is 0. The Morgan fingerprint density at radius 2 is 1.77 bits per heavy atom. The minimum absolute atomic E-state index is 0.367. The van der Waals surface area contributed by atoms with Crippen LogP contribution in [0.25, 0.3) is 11.5 Å². The molecule has 108 valence electrons. The van der Waals surface area contributed by atoms with Gasteiger partial charge in [-0.2, -0.15) is 5.26 Å². The van der Waals surface area contributed by atoms with Gasteiger partial charge in [-0.1, -0.05) is 30.3 Å². The second-order valence-corrected chi connectivity index (χ2v) is 4.68. The predicted molar refractivity (Wildman–Crippen MR) is 79.9 cm³/mol. The highest BCUT2D eigenvalue weighted by molar-refractivity contribution is 5.51. The smallest absolute Gasteiger partial charge is 0.257 e. The molecule has 0 radical (unpaired) electrons. The molecule has 1 atom stereocenters. The maximum Gasteiger partial charge on any atom is 0.257 e. The molecule has 2 aromatic carbocycles. The van der Waals surface area contributed by atoms with E-state index in [2.05, 4.69) is 16.3 Å².